The number of ether oxygens (including phenoxy) is 1. The van der Waals surface area contributed by atoms with Crippen LogP contribution in [-0.2, 0) is 11.3 Å². The summed E-state index contributed by atoms with van der Waals surface area (Å²) in [5.74, 6) is -0.317. The van der Waals surface area contributed by atoms with Gasteiger partial charge in [0, 0.05) is 18.3 Å². The SMILES string of the molecule is CCCCC(CCC)NCc1ccc(C(=O)OC)[nH]1. The van der Waals surface area contributed by atoms with Gasteiger partial charge < -0.3 is 15.0 Å². The maximum Gasteiger partial charge on any atom is 0.354 e. The zero-order valence-electron chi connectivity index (χ0n) is 12.3. The lowest BCUT2D eigenvalue weighted by molar-refractivity contribution is 0.0594. The molecule has 1 aromatic heterocycles. The zero-order valence-corrected chi connectivity index (χ0v) is 12.3. The Labute approximate surface area is 115 Å². The van der Waals surface area contributed by atoms with Crippen LogP contribution in [0, 0.1) is 0 Å². The van der Waals surface area contributed by atoms with Gasteiger partial charge in [-0.05, 0) is 25.0 Å². The van der Waals surface area contributed by atoms with E-state index in [9.17, 15) is 4.79 Å². The monoisotopic (exact) mass is 266 g/mol. The van der Waals surface area contributed by atoms with E-state index < -0.39 is 0 Å². The summed E-state index contributed by atoms with van der Waals surface area (Å²) in [6, 6.07) is 4.26. The van der Waals surface area contributed by atoms with Gasteiger partial charge in [0.15, 0.2) is 0 Å². The molecule has 108 valence electrons. The zero-order chi connectivity index (χ0) is 14.1. The molecule has 0 spiro atoms. The molecule has 1 aromatic rings. The first kappa shape index (κ1) is 15.8. The molecular formula is C15H26N2O2. The molecule has 19 heavy (non-hydrogen) atoms. The maximum absolute atomic E-state index is 11.3. The molecule has 0 aliphatic heterocycles. The van der Waals surface area contributed by atoms with Crippen molar-refractivity contribution in [2.24, 2.45) is 0 Å². The second-order valence-electron chi connectivity index (χ2n) is 4.90. The van der Waals surface area contributed by atoms with Crippen LogP contribution in [0.4, 0.5) is 0 Å². The molecule has 1 heterocycles. The van der Waals surface area contributed by atoms with Gasteiger partial charge in [-0.15, -0.1) is 0 Å². The Morgan fingerprint density at radius 3 is 2.74 bits per heavy atom. The normalized spacial score (nSPS) is 12.4. The first-order valence-corrected chi connectivity index (χ1v) is 7.20. The molecule has 0 aliphatic carbocycles. The van der Waals surface area contributed by atoms with Crippen LogP contribution in [-0.4, -0.2) is 24.1 Å². The largest absolute Gasteiger partial charge is 0.464 e. The summed E-state index contributed by atoms with van der Waals surface area (Å²) in [6.45, 7) is 5.20. The van der Waals surface area contributed by atoms with E-state index in [1.54, 1.807) is 6.07 Å². The molecule has 0 fully saturated rings. The van der Waals surface area contributed by atoms with E-state index in [4.69, 9.17) is 0 Å². The van der Waals surface area contributed by atoms with E-state index in [-0.39, 0.29) is 5.97 Å². The first-order valence-electron chi connectivity index (χ1n) is 7.20. The lowest BCUT2D eigenvalue weighted by Gasteiger charge is -2.17. The predicted octanol–water partition coefficient (Wildman–Crippen LogP) is 3.25. The van der Waals surface area contributed by atoms with Gasteiger partial charge in [0.25, 0.3) is 0 Å². The number of aromatic amines is 1. The lowest BCUT2D eigenvalue weighted by Crippen LogP contribution is -2.28. The Kier molecular flexibility index (Phi) is 7.26. The van der Waals surface area contributed by atoms with Gasteiger partial charge in [0.1, 0.15) is 5.69 Å². The van der Waals surface area contributed by atoms with Gasteiger partial charge in [-0.3, -0.25) is 0 Å². The molecule has 0 saturated heterocycles. The van der Waals surface area contributed by atoms with Crippen molar-refractivity contribution in [1.82, 2.24) is 10.3 Å². The van der Waals surface area contributed by atoms with Gasteiger partial charge >= 0.3 is 5.97 Å². The van der Waals surface area contributed by atoms with Crippen LogP contribution in [0.15, 0.2) is 12.1 Å². The van der Waals surface area contributed by atoms with Crippen LogP contribution in [0.25, 0.3) is 0 Å². The maximum atomic E-state index is 11.3. The number of carbonyl (C=O) groups is 1. The van der Waals surface area contributed by atoms with Gasteiger partial charge in [-0.2, -0.15) is 0 Å². The number of aromatic nitrogens is 1. The number of H-pyrrole nitrogens is 1. The molecule has 0 amide bonds. The van der Waals surface area contributed by atoms with Crippen LogP contribution < -0.4 is 5.32 Å². The Balaban J connectivity index is 2.44. The van der Waals surface area contributed by atoms with Crippen LogP contribution >= 0.6 is 0 Å². The number of hydrogen-bond acceptors (Lipinski definition) is 3. The minimum absolute atomic E-state index is 0.317. The summed E-state index contributed by atoms with van der Waals surface area (Å²) < 4.78 is 4.68. The van der Waals surface area contributed by atoms with E-state index in [1.807, 2.05) is 6.07 Å². The van der Waals surface area contributed by atoms with Crippen LogP contribution in [0.3, 0.4) is 0 Å². The smallest absolute Gasteiger partial charge is 0.354 e. The Bertz CT molecular complexity index is 374. The molecule has 0 bridgehead atoms. The number of rotatable bonds is 9. The average Bonchev–Trinajstić information content (AvgIpc) is 2.90. The van der Waals surface area contributed by atoms with Crippen LogP contribution in [0.5, 0.6) is 0 Å². The number of nitrogens with one attached hydrogen (secondary N) is 2. The number of esters is 1. The highest BCUT2D eigenvalue weighted by Crippen LogP contribution is 2.09. The Morgan fingerprint density at radius 2 is 2.11 bits per heavy atom. The third-order valence-electron chi connectivity index (χ3n) is 3.28. The second kappa shape index (κ2) is 8.75. The molecule has 1 rings (SSSR count). The number of carbonyl (C=O) groups excluding carboxylic acids is 1. The van der Waals surface area contributed by atoms with E-state index in [1.165, 1.54) is 39.2 Å². The van der Waals surface area contributed by atoms with Crippen LogP contribution in [0.2, 0.25) is 0 Å². The molecular weight excluding hydrogens is 240 g/mol. The molecule has 1 atom stereocenters. The Morgan fingerprint density at radius 1 is 1.32 bits per heavy atom. The van der Waals surface area contributed by atoms with Crippen molar-refractivity contribution in [3.8, 4) is 0 Å². The third kappa shape index (κ3) is 5.47. The minimum Gasteiger partial charge on any atom is -0.464 e. The molecule has 2 N–H and O–H groups in total. The summed E-state index contributed by atoms with van der Waals surface area (Å²) in [4.78, 5) is 14.4. The fourth-order valence-electron chi connectivity index (χ4n) is 2.17. The van der Waals surface area contributed by atoms with Crippen molar-refractivity contribution in [2.45, 2.75) is 58.5 Å². The molecule has 4 nitrogen and oxygen atoms in total. The van der Waals surface area contributed by atoms with E-state index in [0.717, 1.165) is 12.2 Å². The van der Waals surface area contributed by atoms with Gasteiger partial charge in [-0.1, -0.05) is 33.1 Å². The number of methoxy groups -OCH3 is 1. The van der Waals surface area contributed by atoms with Gasteiger partial charge in [-0.25, -0.2) is 4.79 Å². The Hall–Kier alpha value is -1.29. The van der Waals surface area contributed by atoms with Crippen molar-refractivity contribution in [3.63, 3.8) is 0 Å². The van der Waals surface area contributed by atoms with Crippen molar-refractivity contribution in [2.75, 3.05) is 7.11 Å². The molecule has 0 radical (unpaired) electrons. The average molecular weight is 266 g/mol. The molecule has 0 aliphatic rings. The molecule has 4 heteroatoms. The second-order valence-corrected chi connectivity index (χ2v) is 4.90. The summed E-state index contributed by atoms with van der Waals surface area (Å²) >= 11 is 0. The van der Waals surface area contributed by atoms with E-state index >= 15 is 0 Å². The van der Waals surface area contributed by atoms with E-state index in [2.05, 4.69) is 28.9 Å². The van der Waals surface area contributed by atoms with Crippen molar-refractivity contribution in [3.05, 3.63) is 23.5 Å². The fraction of sp³-hybridized carbons (Fsp3) is 0.667. The highest BCUT2D eigenvalue weighted by molar-refractivity contribution is 5.87. The van der Waals surface area contributed by atoms with Gasteiger partial charge in [0.05, 0.1) is 7.11 Å². The summed E-state index contributed by atoms with van der Waals surface area (Å²) in [5.41, 5.74) is 1.54. The number of hydrogen-bond donors (Lipinski definition) is 2. The van der Waals surface area contributed by atoms with Crippen molar-refractivity contribution >= 4 is 5.97 Å². The van der Waals surface area contributed by atoms with Gasteiger partial charge in [0.2, 0.25) is 0 Å². The quantitative estimate of drug-likeness (QED) is 0.675. The fourth-order valence-corrected chi connectivity index (χ4v) is 2.17. The molecule has 1 unspecified atom stereocenters. The summed E-state index contributed by atoms with van der Waals surface area (Å²) in [6.07, 6.45) is 6.10. The topological polar surface area (TPSA) is 54.1 Å². The molecule has 0 aromatic carbocycles. The van der Waals surface area contributed by atoms with E-state index in [0.29, 0.717) is 11.7 Å². The molecule has 0 saturated carbocycles. The summed E-state index contributed by atoms with van der Waals surface area (Å²) in [5, 5.41) is 3.56. The van der Waals surface area contributed by atoms with Crippen LogP contribution in [0.1, 0.15) is 62.1 Å². The minimum atomic E-state index is -0.317. The van der Waals surface area contributed by atoms with Crippen molar-refractivity contribution in [1.29, 1.82) is 0 Å². The predicted molar refractivity (Wildman–Crippen MR) is 77.2 cm³/mol. The third-order valence-corrected chi connectivity index (χ3v) is 3.28. The highest BCUT2D eigenvalue weighted by Gasteiger charge is 2.10. The van der Waals surface area contributed by atoms with Crippen molar-refractivity contribution < 1.29 is 9.53 Å². The first-order chi connectivity index (χ1) is 9.21. The standard InChI is InChI=1S/C15H26N2O2/c1-4-6-8-12(7-5-2)16-11-13-9-10-14(17-13)15(18)19-3/h9-10,12,16-17H,4-8,11H2,1-3H3. The number of unbranched alkanes of at least 4 members (excludes halogenated alkanes) is 1. The lowest BCUT2D eigenvalue weighted by atomic mass is 10.1. The summed E-state index contributed by atoms with van der Waals surface area (Å²) in [7, 11) is 1.39. The highest BCUT2D eigenvalue weighted by atomic mass is 16.5.